The van der Waals surface area contributed by atoms with E-state index in [1.165, 1.54) is 6.92 Å². The van der Waals surface area contributed by atoms with Crippen molar-refractivity contribution in [3.05, 3.63) is 11.8 Å². The van der Waals surface area contributed by atoms with Gasteiger partial charge in [0.2, 0.25) is 6.29 Å². The Morgan fingerprint density at radius 3 is 2.55 bits per heavy atom. The van der Waals surface area contributed by atoms with Crippen LogP contribution in [-0.2, 0) is 23.7 Å². The molecule has 3 heterocycles. The molecule has 0 aromatic heterocycles. The number of aliphatic hydroxyl groups excluding tert-OH is 2. The minimum atomic E-state index is -1.59. The van der Waals surface area contributed by atoms with Crippen molar-refractivity contribution >= 4 is 5.91 Å². The van der Waals surface area contributed by atoms with Gasteiger partial charge in [0.1, 0.15) is 30.2 Å². The van der Waals surface area contributed by atoms with Crippen LogP contribution in [0.4, 0.5) is 0 Å². The molecule has 40 heavy (non-hydrogen) atoms. The van der Waals surface area contributed by atoms with Gasteiger partial charge in [-0.3, -0.25) is 4.79 Å². The Bertz CT molecular complexity index is 891. The van der Waals surface area contributed by atoms with Gasteiger partial charge < -0.3 is 72.5 Å². The summed E-state index contributed by atoms with van der Waals surface area (Å²) in [4.78, 5) is 12.8. The van der Waals surface area contributed by atoms with Crippen molar-refractivity contribution in [1.29, 1.82) is 0 Å². The minimum Gasteiger partial charge on any atom is -0.467 e. The molecule has 1 aliphatic carbocycles. The van der Waals surface area contributed by atoms with Crippen molar-refractivity contribution in [3.8, 4) is 0 Å². The van der Waals surface area contributed by atoms with Crippen molar-refractivity contribution in [1.82, 2.24) is 16.0 Å². The number of amides is 1. The third-order valence-corrected chi connectivity index (χ3v) is 7.79. The molecule has 2 saturated heterocycles. The number of carbonyl (C=O) groups is 1. The lowest BCUT2D eigenvalue weighted by Gasteiger charge is -2.48. The van der Waals surface area contributed by atoms with Gasteiger partial charge in [-0.15, -0.1) is 0 Å². The molecule has 4 rings (SSSR count). The molecule has 13 N–H and O–H groups in total. The third kappa shape index (κ3) is 7.48. The van der Waals surface area contributed by atoms with E-state index in [0.717, 1.165) is 13.0 Å². The zero-order valence-electron chi connectivity index (χ0n) is 22.9. The number of nitrogens with one attached hydrogen (secondary N) is 3. The fourth-order valence-corrected chi connectivity index (χ4v) is 5.33. The highest BCUT2D eigenvalue weighted by Crippen LogP contribution is 2.32. The zero-order valence-corrected chi connectivity index (χ0v) is 22.9. The Morgan fingerprint density at radius 1 is 1.18 bits per heavy atom. The summed E-state index contributed by atoms with van der Waals surface area (Å²) < 4.78 is 23.7. The molecule has 0 radical (unpaired) electrons. The average Bonchev–Trinajstić information content (AvgIpc) is 2.87. The molecule has 0 aromatic carbocycles. The second-order valence-corrected chi connectivity index (χ2v) is 11.6. The highest BCUT2D eigenvalue weighted by Gasteiger charge is 2.51. The van der Waals surface area contributed by atoms with Gasteiger partial charge in [-0.05, 0) is 45.4 Å². The first-order chi connectivity index (χ1) is 18.9. The molecule has 3 aliphatic heterocycles. The van der Waals surface area contributed by atoms with Crippen molar-refractivity contribution in [2.24, 2.45) is 17.2 Å². The summed E-state index contributed by atoms with van der Waals surface area (Å²) >= 11 is 0. The monoisotopic (exact) mass is 574 g/mol. The Labute approximate surface area is 233 Å². The van der Waals surface area contributed by atoms with Crippen LogP contribution in [0.15, 0.2) is 11.8 Å². The fraction of sp³-hybridized carbons (Fsp3) is 0.880. The van der Waals surface area contributed by atoms with Gasteiger partial charge in [0.15, 0.2) is 11.9 Å². The van der Waals surface area contributed by atoms with Crippen LogP contribution in [-0.4, -0.2) is 132 Å². The lowest BCUT2D eigenvalue weighted by atomic mass is 9.83. The minimum absolute atomic E-state index is 0.0123. The zero-order chi connectivity index (χ0) is 29.1. The van der Waals surface area contributed by atoms with Gasteiger partial charge in [-0.1, -0.05) is 0 Å². The van der Waals surface area contributed by atoms with Crippen LogP contribution in [0.2, 0.25) is 0 Å². The first-order valence-electron chi connectivity index (χ1n) is 14.0. The Morgan fingerprint density at radius 2 is 1.90 bits per heavy atom. The standard InChI is InChI=1S/C25H46N6O9/c1-24(35)8-17(32)22(37-12-24)40-20-16(31-23(34)25(36)10-30-11-25)7-15(28)19(18(20)33)39-21-14(27)4-3-13(38-21)9-29-6-2-5-26/h3,14-22,29-30,32-33,35-36H,2,4-12,26-28H2,1H3,(H,31,34)/t14-,15+,16-,17-,18+,19-,20+,21-,22-,24-/m1/s1. The second-order valence-electron chi connectivity index (χ2n) is 11.6. The number of aliphatic hydroxyl groups is 4. The van der Waals surface area contributed by atoms with E-state index in [2.05, 4.69) is 16.0 Å². The molecule has 1 saturated carbocycles. The third-order valence-electron chi connectivity index (χ3n) is 7.79. The average molecular weight is 575 g/mol. The number of nitrogens with two attached hydrogens (primary N) is 3. The lowest BCUT2D eigenvalue weighted by Crippen LogP contribution is -2.72. The lowest BCUT2D eigenvalue weighted by molar-refractivity contribution is -0.297. The highest BCUT2D eigenvalue weighted by molar-refractivity contribution is 5.87. The number of ether oxygens (including phenoxy) is 4. The summed E-state index contributed by atoms with van der Waals surface area (Å²) in [7, 11) is 0. The maximum Gasteiger partial charge on any atom is 0.254 e. The summed E-state index contributed by atoms with van der Waals surface area (Å²) in [5.41, 5.74) is 15.4. The fourth-order valence-electron chi connectivity index (χ4n) is 5.33. The van der Waals surface area contributed by atoms with E-state index in [-0.39, 0.29) is 32.5 Å². The quantitative estimate of drug-likeness (QED) is 0.104. The van der Waals surface area contributed by atoms with Crippen molar-refractivity contribution < 1.29 is 44.2 Å². The van der Waals surface area contributed by atoms with E-state index in [0.29, 0.717) is 25.3 Å². The van der Waals surface area contributed by atoms with Crippen LogP contribution in [0.3, 0.4) is 0 Å². The second kappa shape index (κ2) is 13.2. The number of β-amino-alcohol motifs (C(OH)–C–C–N with tert-alkyl or cyclic N) is 1. The highest BCUT2D eigenvalue weighted by atomic mass is 16.7. The van der Waals surface area contributed by atoms with Gasteiger partial charge in [0.05, 0.1) is 30.8 Å². The number of hydrogen-bond acceptors (Lipinski definition) is 14. The van der Waals surface area contributed by atoms with Crippen LogP contribution in [0, 0.1) is 0 Å². The van der Waals surface area contributed by atoms with Gasteiger partial charge in [0, 0.05) is 25.6 Å². The normalized spacial score (nSPS) is 41.4. The first-order valence-corrected chi connectivity index (χ1v) is 14.0. The predicted octanol–water partition coefficient (Wildman–Crippen LogP) is -4.58. The number of carbonyl (C=O) groups excluding carboxylic acids is 1. The summed E-state index contributed by atoms with van der Waals surface area (Å²) in [6, 6.07) is -2.13. The molecule has 15 nitrogen and oxygen atoms in total. The largest absolute Gasteiger partial charge is 0.467 e. The van der Waals surface area contributed by atoms with Crippen LogP contribution in [0.1, 0.15) is 32.6 Å². The predicted molar refractivity (Wildman–Crippen MR) is 141 cm³/mol. The van der Waals surface area contributed by atoms with Crippen molar-refractivity contribution in [3.63, 3.8) is 0 Å². The van der Waals surface area contributed by atoms with E-state index in [9.17, 15) is 25.2 Å². The van der Waals surface area contributed by atoms with Gasteiger partial charge in [-0.25, -0.2) is 0 Å². The molecule has 0 unspecified atom stereocenters. The molecular weight excluding hydrogens is 528 g/mol. The van der Waals surface area contributed by atoms with Crippen LogP contribution < -0.4 is 33.2 Å². The summed E-state index contributed by atoms with van der Waals surface area (Å²) in [5.74, 6) is 0.0138. The van der Waals surface area contributed by atoms with Gasteiger partial charge in [0.25, 0.3) is 5.91 Å². The van der Waals surface area contributed by atoms with Crippen LogP contribution >= 0.6 is 0 Å². The summed E-state index contributed by atoms with van der Waals surface area (Å²) in [5, 5.41) is 51.6. The van der Waals surface area contributed by atoms with E-state index >= 15 is 0 Å². The van der Waals surface area contributed by atoms with Crippen LogP contribution in [0.25, 0.3) is 0 Å². The maximum atomic E-state index is 12.8. The SMILES string of the molecule is C[C@]1(O)CO[C@H](O[C@@H]2[C@@H](O)[C@H](O[C@H]3OC(CNCCCN)=CC[C@H]3N)[C@@H](N)C[C@H]2NC(=O)C2(O)CNC2)[C@H](O)C1. The summed E-state index contributed by atoms with van der Waals surface area (Å²) in [6.07, 6.45) is -3.53. The number of hydrogen-bond donors (Lipinski definition) is 10. The summed E-state index contributed by atoms with van der Waals surface area (Å²) in [6.45, 7) is 3.37. The Hall–Kier alpha value is -1.47. The van der Waals surface area contributed by atoms with Gasteiger partial charge >= 0.3 is 0 Å². The molecule has 0 spiro atoms. The van der Waals surface area contributed by atoms with Crippen molar-refractivity contribution in [2.75, 3.05) is 39.3 Å². The molecule has 10 atom stereocenters. The Kier molecular flexibility index (Phi) is 10.4. The molecule has 3 fully saturated rings. The molecule has 15 heteroatoms. The van der Waals surface area contributed by atoms with Crippen molar-refractivity contribution in [2.45, 2.75) is 98.9 Å². The molecule has 1 amide bonds. The smallest absolute Gasteiger partial charge is 0.254 e. The molecule has 4 aliphatic rings. The van der Waals surface area contributed by atoms with Crippen LogP contribution in [0.5, 0.6) is 0 Å². The Balaban J connectivity index is 1.46. The molecule has 0 bridgehead atoms. The maximum absolute atomic E-state index is 12.8. The molecule has 230 valence electrons. The van der Waals surface area contributed by atoms with E-state index in [1.807, 2.05) is 6.08 Å². The molecule has 0 aromatic rings. The topological polar surface area (TPSA) is 249 Å². The van der Waals surface area contributed by atoms with E-state index in [4.69, 9.17) is 36.1 Å². The van der Waals surface area contributed by atoms with E-state index < -0.39 is 72.2 Å². The van der Waals surface area contributed by atoms with Gasteiger partial charge in [-0.2, -0.15) is 0 Å². The number of rotatable bonds is 11. The first kappa shape index (κ1) is 31.5. The molecular formula is C25H46N6O9. The van der Waals surface area contributed by atoms with E-state index in [1.54, 1.807) is 0 Å².